The van der Waals surface area contributed by atoms with Crippen molar-refractivity contribution in [2.45, 2.75) is 31.7 Å². The summed E-state index contributed by atoms with van der Waals surface area (Å²) in [6.45, 7) is 5.76. The summed E-state index contributed by atoms with van der Waals surface area (Å²) in [7, 11) is -3.17. The first kappa shape index (κ1) is 25.9. The van der Waals surface area contributed by atoms with Crippen molar-refractivity contribution in [3.63, 3.8) is 0 Å². The Bertz CT molecular complexity index is 1120. The maximum absolute atomic E-state index is 11.6. The van der Waals surface area contributed by atoms with Gasteiger partial charge in [-0.15, -0.1) is 24.0 Å². The highest BCUT2D eigenvalue weighted by molar-refractivity contribution is 14.0. The van der Waals surface area contributed by atoms with E-state index in [1.807, 2.05) is 50.2 Å². The lowest BCUT2D eigenvalue weighted by Gasteiger charge is -2.11. The molecule has 1 heterocycles. The molecule has 32 heavy (non-hydrogen) atoms. The van der Waals surface area contributed by atoms with Gasteiger partial charge < -0.3 is 15.1 Å². The van der Waals surface area contributed by atoms with Crippen molar-refractivity contribution in [3.8, 4) is 11.3 Å². The standard InChI is InChI=1S/C23H28N4O3S.HI/c1-4-24-23(25-14-13-18-7-11-20(12-8-18)31(3,28)29)27-16-22-26-15-21(30-22)19-9-5-17(2)6-10-19;/h5-12,15H,4,13-14,16H2,1-3H3,(H2,24,25,27);1H. The summed E-state index contributed by atoms with van der Waals surface area (Å²) in [6.07, 6.45) is 3.67. The van der Waals surface area contributed by atoms with Gasteiger partial charge in [-0.2, -0.15) is 0 Å². The Balaban J connectivity index is 0.00000363. The zero-order valence-corrected chi connectivity index (χ0v) is 21.6. The highest BCUT2D eigenvalue weighted by Crippen LogP contribution is 2.21. The molecular formula is C23H29IN4O3S. The molecule has 9 heteroatoms. The van der Waals surface area contributed by atoms with Crippen LogP contribution in [-0.2, 0) is 22.8 Å². The van der Waals surface area contributed by atoms with E-state index in [0.29, 0.717) is 29.8 Å². The average Bonchev–Trinajstić information content (AvgIpc) is 3.21. The van der Waals surface area contributed by atoms with E-state index < -0.39 is 9.84 Å². The number of hydrogen-bond acceptors (Lipinski definition) is 5. The topological polar surface area (TPSA) is 96.6 Å². The Kier molecular flexibility index (Phi) is 9.70. The molecule has 3 aromatic rings. The van der Waals surface area contributed by atoms with Crippen LogP contribution < -0.4 is 10.6 Å². The predicted octanol–water partition coefficient (Wildman–Crippen LogP) is 3.97. The van der Waals surface area contributed by atoms with Crippen LogP contribution in [-0.4, -0.2) is 38.7 Å². The number of benzene rings is 2. The molecular weight excluding hydrogens is 539 g/mol. The van der Waals surface area contributed by atoms with Crippen molar-refractivity contribution in [1.82, 2.24) is 15.6 Å². The lowest BCUT2D eigenvalue weighted by molar-refractivity contribution is 0.509. The number of aryl methyl sites for hydroxylation is 1. The summed E-state index contributed by atoms with van der Waals surface area (Å²) >= 11 is 0. The van der Waals surface area contributed by atoms with Crippen molar-refractivity contribution in [1.29, 1.82) is 0 Å². The Labute approximate surface area is 206 Å². The first-order valence-electron chi connectivity index (χ1n) is 10.2. The van der Waals surface area contributed by atoms with Gasteiger partial charge in [0.25, 0.3) is 0 Å². The Hall–Kier alpha value is -2.40. The number of aromatic nitrogens is 1. The lowest BCUT2D eigenvalue weighted by Crippen LogP contribution is -2.38. The van der Waals surface area contributed by atoms with Gasteiger partial charge in [0.15, 0.2) is 21.6 Å². The van der Waals surface area contributed by atoms with Crippen LogP contribution in [0, 0.1) is 6.92 Å². The molecule has 0 saturated heterocycles. The van der Waals surface area contributed by atoms with E-state index in [1.165, 1.54) is 11.8 Å². The van der Waals surface area contributed by atoms with Gasteiger partial charge in [0.1, 0.15) is 6.54 Å². The summed E-state index contributed by atoms with van der Waals surface area (Å²) in [5.41, 5.74) is 3.23. The number of halogens is 1. The number of rotatable bonds is 8. The molecule has 0 aliphatic rings. The van der Waals surface area contributed by atoms with E-state index >= 15 is 0 Å². The van der Waals surface area contributed by atoms with Crippen molar-refractivity contribution < 1.29 is 12.8 Å². The molecule has 0 radical (unpaired) electrons. The number of nitrogens with zero attached hydrogens (tertiary/aromatic N) is 2. The van der Waals surface area contributed by atoms with E-state index in [4.69, 9.17) is 4.42 Å². The van der Waals surface area contributed by atoms with Crippen LogP contribution in [0.25, 0.3) is 11.3 Å². The van der Waals surface area contributed by atoms with Crippen LogP contribution >= 0.6 is 24.0 Å². The van der Waals surface area contributed by atoms with Crippen molar-refractivity contribution in [3.05, 3.63) is 71.7 Å². The molecule has 2 N–H and O–H groups in total. The third kappa shape index (κ3) is 7.63. The van der Waals surface area contributed by atoms with Gasteiger partial charge in [-0.25, -0.2) is 18.4 Å². The second-order valence-corrected chi connectivity index (χ2v) is 9.29. The number of oxazole rings is 1. The van der Waals surface area contributed by atoms with E-state index in [0.717, 1.165) is 29.9 Å². The van der Waals surface area contributed by atoms with Crippen molar-refractivity contribution >= 4 is 39.8 Å². The zero-order chi connectivity index (χ0) is 22.3. The fourth-order valence-electron chi connectivity index (χ4n) is 2.95. The molecule has 0 bridgehead atoms. The Morgan fingerprint density at radius 2 is 1.75 bits per heavy atom. The largest absolute Gasteiger partial charge is 0.439 e. The van der Waals surface area contributed by atoms with Crippen LogP contribution in [0.15, 0.2) is 69.0 Å². The molecule has 7 nitrogen and oxygen atoms in total. The van der Waals surface area contributed by atoms with E-state index in [2.05, 4.69) is 20.6 Å². The summed E-state index contributed by atoms with van der Waals surface area (Å²) in [4.78, 5) is 9.19. The van der Waals surface area contributed by atoms with Gasteiger partial charge in [-0.3, -0.25) is 0 Å². The molecule has 0 amide bonds. The molecule has 0 atom stereocenters. The fraction of sp³-hybridized carbons (Fsp3) is 0.304. The van der Waals surface area contributed by atoms with Gasteiger partial charge in [-0.05, 0) is 38.0 Å². The predicted molar refractivity (Wildman–Crippen MR) is 138 cm³/mol. The minimum atomic E-state index is -3.17. The highest BCUT2D eigenvalue weighted by atomic mass is 127. The number of aliphatic imine (C=N–C) groups is 1. The fourth-order valence-corrected chi connectivity index (χ4v) is 3.58. The minimum absolute atomic E-state index is 0. The summed E-state index contributed by atoms with van der Waals surface area (Å²) < 4.78 is 28.9. The first-order valence-corrected chi connectivity index (χ1v) is 12.1. The molecule has 1 aromatic heterocycles. The average molecular weight is 568 g/mol. The zero-order valence-electron chi connectivity index (χ0n) is 18.5. The monoisotopic (exact) mass is 568 g/mol. The summed E-state index contributed by atoms with van der Waals surface area (Å²) in [6, 6.07) is 15.0. The summed E-state index contributed by atoms with van der Waals surface area (Å²) in [5.74, 6) is 1.94. The Morgan fingerprint density at radius 3 is 2.38 bits per heavy atom. The van der Waals surface area contributed by atoms with Gasteiger partial charge in [0.05, 0.1) is 11.1 Å². The third-order valence-corrected chi connectivity index (χ3v) is 5.79. The second-order valence-electron chi connectivity index (χ2n) is 7.27. The van der Waals surface area contributed by atoms with E-state index in [1.54, 1.807) is 18.3 Å². The normalized spacial score (nSPS) is 11.7. The van der Waals surface area contributed by atoms with Gasteiger partial charge in [0.2, 0.25) is 5.89 Å². The van der Waals surface area contributed by atoms with Gasteiger partial charge in [-0.1, -0.05) is 42.0 Å². The van der Waals surface area contributed by atoms with Crippen LogP contribution in [0.5, 0.6) is 0 Å². The van der Waals surface area contributed by atoms with Crippen molar-refractivity contribution in [2.24, 2.45) is 4.99 Å². The van der Waals surface area contributed by atoms with E-state index in [-0.39, 0.29) is 24.0 Å². The quantitative estimate of drug-likeness (QED) is 0.243. The number of sulfone groups is 1. The highest BCUT2D eigenvalue weighted by Gasteiger charge is 2.08. The molecule has 0 saturated carbocycles. The Morgan fingerprint density at radius 1 is 1.06 bits per heavy atom. The third-order valence-electron chi connectivity index (χ3n) is 4.66. The molecule has 2 aromatic carbocycles. The number of hydrogen-bond donors (Lipinski definition) is 2. The van der Waals surface area contributed by atoms with Gasteiger partial charge >= 0.3 is 0 Å². The first-order chi connectivity index (χ1) is 14.8. The maximum atomic E-state index is 11.6. The van der Waals surface area contributed by atoms with E-state index in [9.17, 15) is 8.42 Å². The van der Waals surface area contributed by atoms with Crippen LogP contribution in [0.1, 0.15) is 23.9 Å². The lowest BCUT2D eigenvalue weighted by atomic mass is 10.1. The number of guanidine groups is 1. The SMILES string of the molecule is CCNC(=NCc1ncc(-c2ccc(C)cc2)o1)NCCc1ccc(S(C)(=O)=O)cc1.I. The molecule has 0 aliphatic heterocycles. The van der Waals surface area contributed by atoms with Crippen LogP contribution in [0.3, 0.4) is 0 Å². The summed E-state index contributed by atoms with van der Waals surface area (Å²) in [5, 5.41) is 6.48. The number of nitrogens with one attached hydrogen (secondary N) is 2. The van der Waals surface area contributed by atoms with Crippen LogP contribution in [0.2, 0.25) is 0 Å². The molecule has 172 valence electrons. The molecule has 0 aliphatic carbocycles. The van der Waals surface area contributed by atoms with Gasteiger partial charge in [0, 0.05) is 24.9 Å². The molecule has 0 unspecified atom stereocenters. The second kappa shape index (κ2) is 12.0. The molecule has 0 fully saturated rings. The maximum Gasteiger partial charge on any atom is 0.216 e. The van der Waals surface area contributed by atoms with Crippen LogP contribution in [0.4, 0.5) is 0 Å². The smallest absolute Gasteiger partial charge is 0.216 e. The molecule has 0 spiro atoms. The molecule has 3 rings (SSSR count). The minimum Gasteiger partial charge on any atom is -0.439 e. The van der Waals surface area contributed by atoms with Crippen molar-refractivity contribution in [2.75, 3.05) is 19.3 Å².